The number of aliphatic hydroxyl groups is 1. The second kappa shape index (κ2) is 10.0. The molecule has 1 unspecified atom stereocenters. The van der Waals surface area contributed by atoms with E-state index in [2.05, 4.69) is 20.8 Å². The molecule has 39 heavy (non-hydrogen) atoms. The van der Waals surface area contributed by atoms with Crippen LogP contribution < -0.4 is 23.8 Å². The first-order valence-electron chi connectivity index (χ1n) is 12.8. The van der Waals surface area contributed by atoms with Crippen LogP contribution in [0.4, 0.5) is 5.69 Å². The summed E-state index contributed by atoms with van der Waals surface area (Å²) < 4.78 is 22.2. The number of amides is 1. The Bertz CT molecular complexity index is 1480. The van der Waals surface area contributed by atoms with Crippen LogP contribution >= 0.6 is 0 Å². The monoisotopic (exact) mass is 529 g/mol. The van der Waals surface area contributed by atoms with Crippen LogP contribution in [0.5, 0.6) is 23.0 Å². The number of carbonyl (C=O) groups excluding carboxylic acids is 2. The molecule has 1 saturated heterocycles. The predicted octanol–water partition coefficient (Wildman–Crippen LogP) is 5.75. The summed E-state index contributed by atoms with van der Waals surface area (Å²) in [4.78, 5) is 28.7. The third kappa shape index (κ3) is 4.67. The van der Waals surface area contributed by atoms with Crippen molar-refractivity contribution in [3.05, 3.63) is 82.9 Å². The maximum Gasteiger partial charge on any atom is 0.300 e. The summed E-state index contributed by atoms with van der Waals surface area (Å²) in [7, 11) is 1.50. The lowest BCUT2D eigenvalue weighted by atomic mass is 9.85. The average Bonchev–Trinajstić information content (AvgIpc) is 3.49. The van der Waals surface area contributed by atoms with Gasteiger partial charge in [0, 0.05) is 11.8 Å². The summed E-state index contributed by atoms with van der Waals surface area (Å²) in [6.45, 7) is 8.55. The Hall–Kier alpha value is -4.46. The van der Waals surface area contributed by atoms with E-state index < -0.39 is 17.7 Å². The molecule has 0 aliphatic carbocycles. The molecule has 3 aromatic carbocycles. The minimum Gasteiger partial charge on any atom is -0.507 e. The topological polar surface area (TPSA) is 94.5 Å². The minimum atomic E-state index is -0.936. The van der Waals surface area contributed by atoms with Gasteiger partial charge in [-0.25, -0.2) is 0 Å². The summed E-state index contributed by atoms with van der Waals surface area (Å²) in [5, 5.41) is 11.8. The molecule has 0 spiro atoms. The van der Waals surface area contributed by atoms with Crippen molar-refractivity contribution in [2.75, 3.05) is 25.4 Å². The van der Waals surface area contributed by atoms with E-state index in [9.17, 15) is 14.7 Å². The zero-order valence-electron chi connectivity index (χ0n) is 22.6. The van der Waals surface area contributed by atoms with Gasteiger partial charge in [0.15, 0.2) is 11.5 Å². The van der Waals surface area contributed by atoms with Crippen molar-refractivity contribution in [3.8, 4) is 23.0 Å². The Kier molecular flexibility index (Phi) is 6.72. The van der Waals surface area contributed by atoms with Crippen LogP contribution in [-0.2, 0) is 15.0 Å². The van der Waals surface area contributed by atoms with Gasteiger partial charge in [-0.15, -0.1) is 0 Å². The molecule has 5 rings (SSSR count). The van der Waals surface area contributed by atoms with Crippen molar-refractivity contribution in [2.45, 2.75) is 39.2 Å². The van der Waals surface area contributed by atoms with Crippen LogP contribution in [0.2, 0.25) is 0 Å². The van der Waals surface area contributed by atoms with Crippen LogP contribution in [0.15, 0.2) is 66.2 Å². The quantitative estimate of drug-likeness (QED) is 0.247. The second-order valence-electron chi connectivity index (χ2n) is 10.4. The van der Waals surface area contributed by atoms with Gasteiger partial charge in [-0.05, 0) is 59.9 Å². The lowest BCUT2D eigenvalue weighted by Gasteiger charge is -2.26. The number of nitrogens with zero attached hydrogens (tertiary/aromatic N) is 1. The molecule has 1 N–H and O–H groups in total. The van der Waals surface area contributed by atoms with Gasteiger partial charge in [-0.2, -0.15) is 0 Å². The molecule has 8 nitrogen and oxygen atoms in total. The smallest absolute Gasteiger partial charge is 0.300 e. The van der Waals surface area contributed by atoms with E-state index in [-0.39, 0.29) is 23.5 Å². The van der Waals surface area contributed by atoms with Crippen molar-refractivity contribution in [1.29, 1.82) is 0 Å². The summed E-state index contributed by atoms with van der Waals surface area (Å²) >= 11 is 0. The highest BCUT2D eigenvalue weighted by atomic mass is 16.7. The number of aliphatic hydroxyl groups excluding tert-OH is 1. The number of methoxy groups -OCH3 is 1. The molecule has 0 aromatic heterocycles. The zero-order chi connectivity index (χ0) is 27.9. The van der Waals surface area contributed by atoms with E-state index in [1.807, 2.05) is 13.0 Å². The molecule has 202 valence electrons. The maximum absolute atomic E-state index is 13.7. The second-order valence-corrected chi connectivity index (χ2v) is 10.4. The molecular weight excluding hydrogens is 498 g/mol. The number of benzene rings is 3. The number of rotatable bonds is 6. The lowest BCUT2D eigenvalue weighted by Crippen LogP contribution is -2.29. The molecule has 8 heteroatoms. The van der Waals surface area contributed by atoms with Crippen molar-refractivity contribution in [3.63, 3.8) is 0 Å². The van der Waals surface area contributed by atoms with Crippen LogP contribution in [0.1, 0.15) is 50.4 Å². The first-order chi connectivity index (χ1) is 18.6. The highest BCUT2D eigenvalue weighted by Gasteiger charge is 2.47. The van der Waals surface area contributed by atoms with Crippen LogP contribution in [0.3, 0.4) is 0 Å². The molecular formula is C31H31NO7. The zero-order valence-corrected chi connectivity index (χ0v) is 22.6. The maximum atomic E-state index is 13.7. The van der Waals surface area contributed by atoms with E-state index in [1.165, 1.54) is 12.0 Å². The van der Waals surface area contributed by atoms with E-state index in [0.717, 1.165) is 5.56 Å². The molecule has 2 aliphatic heterocycles. The van der Waals surface area contributed by atoms with Crippen molar-refractivity contribution < 1.29 is 33.6 Å². The first kappa shape index (κ1) is 26.2. The molecule has 1 atom stereocenters. The van der Waals surface area contributed by atoms with Gasteiger partial charge in [-0.1, -0.05) is 39.0 Å². The number of hydrogen-bond donors (Lipinski definition) is 1. The fraction of sp³-hybridized carbons (Fsp3) is 0.290. The standard InChI is InChI=1S/C31H31NO7/c1-6-37-21-9-7-8-18(14-21)27-26(28(33)22-15-19(31(2,3)4)10-12-23(22)36-5)29(34)30(35)32(27)20-11-13-24-25(16-20)39-17-38-24/h7-16,27,33H,6,17H2,1-5H3/b28-26+. The normalized spacial score (nSPS) is 18.0. The Balaban J connectivity index is 1.74. The van der Waals surface area contributed by atoms with Gasteiger partial charge in [0.05, 0.1) is 30.9 Å². The van der Waals surface area contributed by atoms with Crippen molar-refractivity contribution in [1.82, 2.24) is 0 Å². The SMILES string of the molecule is CCOc1cccc(C2/C(=C(\O)c3cc(C(C)(C)C)ccc3OC)C(=O)C(=O)N2c2ccc3c(c2)OCO3)c1. The number of anilines is 1. The molecule has 1 fully saturated rings. The summed E-state index contributed by atoms with van der Waals surface area (Å²) in [6, 6.07) is 16.8. The van der Waals surface area contributed by atoms with Gasteiger partial charge in [-0.3, -0.25) is 14.5 Å². The van der Waals surface area contributed by atoms with Gasteiger partial charge in [0.1, 0.15) is 17.3 Å². The van der Waals surface area contributed by atoms with E-state index in [0.29, 0.717) is 46.4 Å². The van der Waals surface area contributed by atoms with Crippen LogP contribution in [0.25, 0.3) is 5.76 Å². The summed E-state index contributed by atoms with van der Waals surface area (Å²) in [5.74, 6) is 0.0969. The highest BCUT2D eigenvalue weighted by molar-refractivity contribution is 6.51. The summed E-state index contributed by atoms with van der Waals surface area (Å²) in [6.07, 6.45) is 0. The Morgan fingerprint density at radius 2 is 1.79 bits per heavy atom. The van der Waals surface area contributed by atoms with E-state index in [4.69, 9.17) is 18.9 Å². The van der Waals surface area contributed by atoms with E-state index >= 15 is 0 Å². The predicted molar refractivity (Wildman–Crippen MR) is 147 cm³/mol. The molecule has 1 amide bonds. The molecule has 0 radical (unpaired) electrons. The van der Waals surface area contributed by atoms with Crippen molar-refractivity contribution >= 4 is 23.1 Å². The Labute approximate surface area is 227 Å². The first-order valence-corrected chi connectivity index (χ1v) is 12.8. The molecule has 2 aliphatic rings. The lowest BCUT2D eigenvalue weighted by molar-refractivity contribution is -0.132. The van der Waals surface area contributed by atoms with Gasteiger partial charge >= 0.3 is 0 Å². The minimum absolute atomic E-state index is 0.0457. The number of ether oxygens (including phenoxy) is 4. The number of hydrogen-bond acceptors (Lipinski definition) is 7. The third-order valence-electron chi connectivity index (χ3n) is 6.88. The van der Waals surface area contributed by atoms with Crippen molar-refractivity contribution in [2.24, 2.45) is 0 Å². The Morgan fingerprint density at radius 3 is 2.51 bits per heavy atom. The molecule has 2 heterocycles. The third-order valence-corrected chi connectivity index (χ3v) is 6.88. The summed E-state index contributed by atoms with van der Waals surface area (Å²) in [5.41, 5.74) is 2.03. The fourth-order valence-corrected chi connectivity index (χ4v) is 4.90. The number of ketones is 1. The largest absolute Gasteiger partial charge is 0.507 e. The number of Topliss-reactive ketones (excluding diaryl/α,β-unsaturated/α-hetero) is 1. The van der Waals surface area contributed by atoms with Gasteiger partial charge < -0.3 is 24.1 Å². The molecule has 0 saturated carbocycles. The molecule has 3 aromatic rings. The van der Waals surface area contributed by atoms with E-state index in [1.54, 1.807) is 54.6 Å². The Morgan fingerprint density at radius 1 is 1.03 bits per heavy atom. The fourth-order valence-electron chi connectivity index (χ4n) is 4.90. The highest BCUT2D eigenvalue weighted by Crippen LogP contribution is 2.46. The van der Waals surface area contributed by atoms with Crippen LogP contribution in [0, 0.1) is 0 Å². The average molecular weight is 530 g/mol. The molecule has 0 bridgehead atoms. The number of carbonyl (C=O) groups is 2. The number of fused-ring (bicyclic) bond motifs is 1. The van der Waals surface area contributed by atoms with Crippen LogP contribution in [-0.4, -0.2) is 37.3 Å². The van der Waals surface area contributed by atoms with Gasteiger partial charge in [0.2, 0.25) is 6.79 Å². The van der Waals surface area contributed by atoms with Gasteiger partial charge in [0.25, 0.3) is 11.7 Å².